The van der Waals surface area contributed by atoms with Crippen molar-refractivity contribution in [2.45, 2.75) is 37.8 Å². The van der Waals surface area contributed by atoms with E-state index in [0.717, 1.165) is 30.7 Å². The number of halogens is 7. The number of guanidine groups is 1. The molecule has 1 heterocycles. The minimum atomic E-state index is -4.35. The van der Waals surface area contributed by atoms with Crippen molar-refractivity contribution in [3.63, 3.8) is 0 Å². The van der Waals surface area contributed by atoms with Gasteiger partial charge in [-0.15, -0.1) is 24.0 Å². The lowest BCUT2D eigenvalue weighted by atomic mass is 10.1. The van der Waals surface area contributed by atoms with Gasteiger partial charge < -0.3 is 10.6 Å². The van der Waals surface area contributed by atoms with Crippen molar-refractivity contribution in [3.05, 3.63) is 35.4 Å². The van der Waals surface area contributed by atoms with Crippen molar-refractivity contribution in [2.24, 2.45) is 4.99 Å². The highest BCUT2D eigenvalue weighted by molar-refractivity contribution is 14.0. The number of hydrogen-bond acceptors (Lipinski definition) is 2. The average molecular weight is 524 g/mol. The van der Waals surface area contributed by atoms with Crippen LogP contribution >= 0.6 is 24.0 Å². The molecule has 0 radical (unpaired) electrons. The van der Waals surface area contributed by atoms with E-state index in [-0.39, 0.29) is 36.6 Å². The summed E-state index contributed by atoms with van der Waals surface area (Å²) in [6.07, 6.45) is -8.76. The zero-order valence-electron chi connectivity index (χ0n) is 15.2. The normalized spacial score (nSPS) is 18.7. The van der Waals surface area contributed by atoms with Crippen LogP contribution in [0.1, 0.15) is 24.0 Å². The van der Waals surface area contributed by atoms with Gasteiger partial charge in [0.1, 0.15) is 0 Å². The van der Waals surface area contributed by atoms with Crippen molar-refractivity contribution in [1.29, 1.82) is 0 Å². The van der Waals surface area contributed by atoms with E-state index in [0.29, 0.717) is 19.0 Å². The van der Waals surface area contributed by atoms with Crippen LogP contribution in [0.3, 0.4) is 0 Å². The van der Waals surface area contributed by atoms with E-state index in [1.807, 2.05) is 0 Å². The largest absolute Gasteiger partial charge is 0.416 e. The third-order valence-electron chi connectivity index (χ3n) is 4.23. The Morgan fingerprint density at radius 3 is 2.32 bits per heavy atom. The van der Waals surface area contributed by atoms with Crippen LogP contribution in [0.25, 0.3) is 0 Å². The third kappa shape index (κ3) is 8.41. The molecule has 0 amide bonds. The van der Waals surface area contributed by atoms with E-state index in [1.165, 1.54) is 19.2 Å². The number of rotatable bonds is 5. The van der Waals surface area contributed by atoms with Gasteiger partial charge in [-0.05, 0) is 24.1 Å². The first kappa shape index (κ1) is 24.8. The third-order valence-corrected chi connectivity index (χ3v) is 4.23. The molecule has 1 aliphatic heterocycles. The molecule has 160 valence electrons. The minimum absolute atomic E-state index is 0. The number of aliphatic imine (C=N–C) groups is 1. The molecule has 0 aromatic heterocycles. The number of benzene rings is 1. The minimum Gasteiger partial charge on any atom is -0.356 e. The maximum absolute atomic E-state index is 12.6. The summed E-state index contributed by atoms with van der Waals surface area (Å²) in [5.41, 5.74) is 0.0947. The summed E-state index contributed by atoms with van der Waals surface area (Å²) in [6, 6.07) is 5.06. The fourth-order valence-electron chi connectivity index (χ4n) is 2.86. The monoisotopic (exact) mass is 524 g/mol. The van der Waals surface area contributed by atoms with Gasteiger partial charge >= 0.3 is 12.4 Å². The van der Waals surface area contributed by atoms with Crippen LogP contribution in [0.4, 0.5) is 26.3 Å². The van der Waals surface area contributed by atoms with Gasteiger partial charge in [0, 0.05) is 39.3 Å². The Labute approximate surface area is 176 Å². The molecular weight excluding hydrogens is 501 g/mol. The highest BCUT2D eigenvalue weighted by atomic mass is 127. The van der Waals surface area contributed by atoms with Crippen molar-refractivity contribution in [1.82, 2.24) is 15.5 Å². The average Bonchev–Trinajstić information content (AvgIpc) is 2.99. The number of likely N-dealkylation sites (tertiary alicyclic amines) is 1. The van der Waals surface area contributed by atoms with Gasteiger partial charge in [0.2, 0.25) is 0 Å². The molecule has 2 rings (SSSR count). The van der Waals surface area contributed by atoms with E-state index < -0.39 is 24.3 Å². The fourth-order valence-corrected chi connectivity index (χ4v) is 2.86. The van der Waals surface area contributed by atoms with Crippen LogP contribution in [0.2, 0.25) is 0 Å². The molecule has 0 bridgehead atoms. The smallest absolute Gasteiger partial charge is 0.356 e. The van der Waals surface area contributed by atoms with E-state index in [9.17, 15) is 26.3 Å². The Morgan fingerprint density at radius 1 is 1.14 bits per heavy atom. The van der Waals surface area contributed by atoms with Crippen LogP contribution in [-0.4, -0.2) is 49.8 Å². The molecule has 1 aromatic carbocycles. The van der Waals surface area contributed by atoms with E-state index >= 15 is 0 Å². The van der Waals surface area contributed by atoms with Crippen LogP contribution in [-0.2, 0) is 12.7 Å². The first-order valence-electron chi connectivity index (χ1n) is 8.49. The number of nitrogens with one attached hydrogen (secondary N) is 2. The first-order chi connectivity index (χ1) is 12.6. The van der Waals surface area contributed by atoms with Gasteiger partial charge in [0.25, 0.3) is 0 Å². The SMILES string of the molecule is CN=C(NCCC(F)(F)F)NC1CCN(Cc2ccc(C(F)(F)F)cc2)C1.I. The first-order valence-corrected chi connectivity index (χ1v) is 8.49. The molecule has 4 nitrogen and oxygen atoms in total. The van der Waals surface area contributed by atoms with Gasteiger partial charge in [-0.2, -0.15) is 26.3 Å². The predicted octanol–water partition coefficient (Wildman–Crippen LogP) is 4.02. The molecule has 1 fully saturated rings. The Hall–Kier alpha value is -1.24. The van der Waals surface area contributed by atoms with Crippen molar-refractivity contribution in [3.8, 4) is 0 Å². The molecular formula is C17H23F6IN4. The van der Waals surface area contributed by atoms with E-state index in [1.54, 1.807) is 0 Å². The summed E-state index contributed by atoms with van der Waals surface area (Å²) in [5, 5.41) is 5.71. The Bertz CT molecular complexity index is 630. The van der Waals surface area contributed by atoms with E-state index in [2.05, 4.69) is 20.5 Å². The molecule has 0 saturated carbocycles. The van der Waals surface area contributed by atoms with Crippen LogP contribution in [0.15, 0.2) is 29.3 Å². The molecule has 1 atom stereocenters. The second kappa shape index (κ2) is 10.5. The zero-order valence-corrected chi connectivity index (χ0v) is 17.5. The maximum Gasteiger partial charge on any atom is 0.416 e. The second-order valence-electron chi connectivity index (χ2n) is 6.42. The summed E-state index contributed by atoms with van der Waals surface area (Å²) in [7, 11) is 1.48. The van der Waals surface area contributed by atoms with Crippen molar-refractivity contribution >= 4 is 29.9 Å². The lowest BCUT2D eigenvalue weighted by Gasteiger charge is -2.19. The standard InChI is InChI=1S/C17H22F6N4.HI/c1-24-15(25-8-7-16(18,19)20)26-14-6-9-27(11-14)10-12-2-4-13(5-3-12)17(21,22)23;/h2-5,14H,6-11H2,1H3,(H2,24,25,26);1H. The second-order valence-corrected chi connectivity index (χ2v) is 6.42. The number of alkyl halides is 6. The lowest BCUT2D eigenvalue weighted by Crippen LogP contribution is -2.45. The molecule has 0 spiro atoms. The summed E-state index contributed by atoms with van der Waals surface area (Å²) in [5.74, 6) is 0.306. The summed E-state index contributed by atoms with van der Waals surface area (Å²) >= 11 is 0. The zero-order chi connectivity index (χ0) is 20.1. The van der Waals surface area contributed by atoms with E-state index in [4.69, 9.17) is 0 Å². The Balaban J connectivity index is 0.00000392. The summed E-state index contributed by atoms with van der Waals surface area (Å²) in [4.78, 5) is 5.99. The highest BCUT2D eigenvalue weighted by Gasteiger charge is 2.30. The number of nitrogens with zero attached hydrogens (tertiary/aromatic N) is 2. The quantitative estimate of drug-likeness (QED) is 0.265. The summed E-state index contributed by atoms with van der Waals surface area (Å²) < 4.78 is 74.3. The molecule has 1 aliphatic rings. The van der Waals surface area contributed by atoms with Crippen molar-refractivity contribution < 1.29 is 26.3 Å². The van der Waals surface area contributed by atoms with Crippen LogP contribution in [0.5, 0.6) is 0 Å². The Kier molecular flexibility index (Phi) is 9.31. The highest BCUT2D eigenvalue weighted by Crippen LogP contribution is 2.29. The topological polar surface area (TPSA) is 39.7 Å². The predicted molar refractivity (Wildman–Crippen MR) is 106 cm³/mol. The van der Waals surface area contributed by atoms with Gasteiger partial charge in [-0.25, -0.2) is 0 Å². The lowest BCUT2D eigenvalue weighted by molar-refractivity contribution is -0.137. The molecule has 1 unspecified atom stereocenters. The van der Waals surface area contributed by atoms with Gasteiger partial charge in [0.05, 0.1) is 12.0 Å². The molecule has 2 N–H and O–H groups in total. The Morgan fingerprint density at radius 2 is 1.79 bits per heavy atom. The molecule has 11 heteroatoms. The van der Waals surface area contributed by atoms with Gasteiger partial charge in [-0.1, -0.05) is 12.1 Å². The van der Waals surface area contributed by atoms with Gasteiger partial charge in [-0.3, -0.25) is 9.89 Å². The van der Waals surface area contributed by atoms with Crippen LogP contribution < -0.4 is 10.6 Å². The fraction of sp³-hybridized carbons (Fsp3) is 0.588. The number of hydrogen-bond donors (Lipinski definition) is 2. The molecule has 1 aromatic rings. The molecule has 1 saturated heterocycles. The van der Waals surface area contributed by atoms with Gasteiger partial charge in [0.15, 0.2) is 5.96 Å². The summed E-state index contributed by atoms with van der Waals surface area (Å²) in [6.45, 7) is 1.61. The molecule has 28 heavy (non-hydrogen) atoms. The maximum atomic E-state index is 12.6. The van der Waals surface area contributed by atoms with Crippen LogP contribution in [0, 0.1) is 0 Å². The van der Waals surface area contributed by atoms with Crippen molar-refractivity contribution in [2.75, 3.05) is 26.7 Å². The molecule has 0 aliphatic carbocycles.